The first-order valence-corrected chi connectivity index (χ1v) is 9.70. The van der Waals surface area contributed by atoms with Crippen LogP contribution in [-0.2, 0) is 0 Å². The van der Waals surface area contributed by atoms with E-state index in [1.54, 1.807) is 0 Å². The zero-order valence-electron chi connectivity index (χ0n) is 8.54. The molecule has 1 aliphatic rings. The van der Waals surface area contributed by atoms with E-state index >= 15 is 0 Å². The van der Waals surface area contributed by atoms with Gasteiger partial charge in [0.05, 0.1) is 0 Å². The van der Waals surface area contributed by atoms with Gasteiger partial charge in [0, 0.05) is 0 Å². The molecule has 1 fully saturated rings. The van der Waals surface area contributed by atoms with E-state index in [4.69, 9.17) is 0 Å². The predicted octanol–water partition coefficient (Wildman–Crippen LogP) is 2.25. The summed E-state index contributed by atoms with van der Waals surface area (Å²) in [4.78, 5) is 4.43. The molecular formula is C11H17IN2. The van der Waals surface area contributed by atoms with Crippen LogP contribution in [0.15, 0.2) is 24.4 Å². The van der Waals surface area contributed by atoms with Crippen LogP contribution in [0.1, 0.15) is 18.7 Å². The van der Waals surface area contributed by atoms with Gasteiger partial charge in [0.15, 0.2) is 0 Å². The van der Waals surface area contributed by atoms with E-state index in [2.05, 4.69) is 29.4 Å². The topological polar surface area (TPSA) is 24.9 Å². The number of rotatable bonds is 2. The van der Waals surface area contributed by atoms with E-state index in [1.165, 1.54) is 25.5 Å². The van der Waals surface area contributed by atoms with Gasteiger partial charge in [0.2, 0.25) is 0 Å². The first-order valence-electron chi connectivity index (χ1n) is 5.12. The van der Waals surface area contributed by atoms with Crippen LogP contribution in [0.4, 0.5) is 0 Å². The average Bonchev–Trinajstić information content (AvgIpc) is 2.30. The second kappa shape index (κ2) is 5.07. The van der Waals surface area contributed by atoms with Crippen molar-refractivity contribution in [2.45, 2.75) is 13.0 Å². The molecule has 0 spiro atoms. The van der Waals surface area contributed by atoms with Crippen molar-refractivity contribution in [3.8, 4) is 0 Å². The Labute approximate surface area is 92.9 Å². The Morgan fingerprint density at radius 2 is 2.50 bits per heavy atom. The summed E-state index contributed by atoms with van der Waals surface area (Å²) in [6, 6.07) is 6.77. The van der Waals surface area contributed by atoms with E-state index in [1.807, 2.05) is 12.3 Å². The third kappa shape index (κ3) is 2.45. The molecule has 78 valence electrons. The van der Waals surface area contributed by atoms with Gasteiger partial charge in [0.1, 0.15) is 0 Å². The Hall–Kier alpha value is -0.160. The molecule has 3 heteroatoms. The Bertz CT molecular complexity index is 276. The minimum atomic E-state index is -0.604. The van der Waals surface area contributed by atoms with Gasteiger partial charge < -0.3 is 0 Å². The molecule has 0 amide bonds. The number of alkyl halides is 3. The molecule has 1 N–H and O–H groups in total. The van der Waals surface area contributed by atoms with Crippen LogP contribution in [0.2, 0.25) is 0 Å². The number of pyridine rings is 1. The van der Waals surface area contributed by atoms with E-state index in [0.717, 1.165) is 0 Å². The summed E-state index contributed by atoms with van der Waals surface area (Å²) in [5.74, 6) is 0. The van der Waals surface area contributed by atoms with Crippen LogP contribution < -0.4 is 5.32 Å². The fraction of sp³-hybridized carbons (Fsp3) is 0.545. The Balaban J connectivity index is 2.04. The van der Waals surface area contributed by atoms with Crippen LogP contribution in [0.5, 0.6) is 0 Å². The first-order chi connectivity index (χ1) is 6.90. The third-order valence-electron chi connectivity index (χ3n) is 2.55. The summed E-state index contributed by atoms with van der Waals surface area (Å²) < 4.78 is 4.33. The summed E-state index contributed by atoms with van der Waals surface area (Å²) >= 11 is -0.604. The van der Waals surface area contributed by atoms with Crippen molar-refractivity contribution in [1.82, 2.24) is 10.3 Å². The number of halogens is 1. The van der Waals surface area contributed by atoms with E-state index in [0.29, 0.717) is 6.04 Å². The van der Waals surface area contributed by atoms with Crippen LogP contribution in [-0.4, -0.2) is 24.8 Å². The van der Waals surface area contributed by atoms with Crippen LogP contribution in [0, 0.1) is 0 Å². The summed E-state index contributed by atoms with van der Waals surface area (Å²) in [5.41, 5.74) is 1.24. The number of aromatic nitrogens is 1. The molecule has 1 aromatic rings. The molecule has 1 atom stereocenters. The number of hydrogen-bond donors (Lipinski definition) is 1. The third-order valence-corrected chi connectivity index (χ3v) is 8.90. The fourth-order valence-electron chi connectivity index (χ4n) is 1.72. The Morgan fingerprint density at radius 3 is 3.21 bits per heavy atom. The minimum absolute atomic E-state index is 0.551. The quantitative estimate of drug-likeness (QED) is 0.669. The second-order valence-electron chi connectivity index (χ2n) is 3.44. The fourth-order valence-corrected chi connectivity index (χ4v) is 6.63. The normalized spacial score (nSPS) is 24.9. The molecular weight excluding hydrogens is 287 g/mol. The average molecular weight is 304 g/mol. The molecule has 14 heavy (non-hydrogen) atoms. The van der Waals surface area contributed by atoms with Crippen molar-refractivity contribution in [2.75, 3.05) is 19.8 Å². The van der Waals surface area contributed by atoms with E-state index < -0.39 is 19.8 Å². The SMILES string of the molecule is CCI1CCNC(c2ccccn2)C1. The van der Waals surface area contributed by atoms with Gasteiger partial charge in [-0.05, 0) is 0 Å². The van der Waals surface area contributed by atoms with Gasteiger partial charge in [-0.1, -0.05) is 0 Å². The monoisotopic (exact) mass is 304 g/mol. The molecule has 0 saturated carbocycles. The summed E-state index contributed by atoms with van der Waals surface area (Å²) in [6.07, 6.45) is 1.90. The molecule has 1 aromatic heterocycles. The zero-order chi connectivity index (χ0) is 9.80. The maximum absolute atomic E-state index is 4.43. The van der Waals surface area contributed by atoms with Crippen LogP contribution in [0.25, 0.3) is 0 Å². The molecule has 0 radical (unpaired) electrons. The number of nitrogens with one attached hydrogen (secondary N) is 1. The molecule has 2 heterocycles. The van der Waals surface area contributed by atoms with Gasteiger partial charge in [-0.2, -0.15) is 0 Å². The van der Waals surface area contributed by atoms with Crippen molar-refractivity contribution in [3.05, 3.63) is 30.1 Å². The van der Waals surface area contributed by atoms with Gasteiger partial charge in [-0.15, -0.1) is 0 Å². The molecule has 2 nitrogen and oxygen atoms in total. The Kier molecular flexibility index (Phi) is 3.75. The van der Waals surface area contributed by atoms with Gasteiger partial charge in [-0.3, -0.25) is 0 Å². The van der Waals surface area contributed by atoms with Gasteiger partial charge in [-0.25, -0.2) is 0 Å². The Morgan fingerprint density at radius 1 is 1.57 bits per heavy atom. The number of hydrogen-bond acceptors (Lipinski definition) is 2. The number of nitrogens with zero attached hydrogens (tertiary/aromatic N) is 1. The van der Waals surface area contributed by atoms with Gasteiger partial charge in [0.25, 0.3) is 0 Å². The van der Waals surface area contributed by atoms with E-state index in [-0.39, 0.29) is 0 Å². The molecule has 0 aromatic carbocycles. The van der Waals surface area contributed by atoms with Crippen LogP contribution >= 0.6 is 19.8 Å². The maximum atomic E-state index is 4.43. The van der Waals surface area contributed by atoms with Crippen molar-refractivity contribution in [1.29, 1.82) is 0 Å². The molecule has 1 saturated heterocycles. The molecule has 0 bridgehead atoms. The summed E-state index contributed by atoms with van der Waals surface area (Å²) in [6.45, 7) is 3.56. The molecule has 2 rings (SSSR count). The van der Waals surface area contributed by atoms with E-state index in [9.17, 15) is 0 Å². The predicted molar refractivity (Wildman–Crippen MR) is 69.3 cm³/mol. The van der Waals surface area contributed by atoms with Crippen molar-refractivity contribution in [3.63, 3.8) is 0 Å². The zero-order valence-corrected chi connectivity index (χ0v) is 10.7. The second-order valence-corrected chi connectivity index (χ2v) is 10.2. The summed E-state index contributed by atoms with van der Waals surface area (Å²) in [5, 5.41) is 3.58. The standard InChI is InChI=1S/C11H17IN2/c1-2-12-6-8-14-11(9-12)10-5-3-4-7-13-10/h3-5,7,11,14H,2,6,8-9H2,1H3. The molecule has 0 aliphatic carbocycles. The van der Waals surface area contributed by atoms with Crippen LogP contribution in [0.3, 0.4) is 0 Å². The first kappa shape index (κ1) is 10.4. The molecule has 1 aliphatic heterocycles. The van der Waals surface area contributed by atoms with Gasteiger partial charge >= 0.3 is 93.0 Å². The van der Waals surface area contributed by atoms with Crippen molar-refractivity contribution >= 4 is 19.8 Å². The summed E-state index contributed by atoms with van der Waals surface area (Å²) in [7, 11) is 0. The molecule has 1 unspecified atom stereocenters. The van der Waals surface area contributed by atoms with Crippen molar-refractivity contribution < 1.29 is 0 Å². The van der Waals surface area contributed by atoms with Crippen molar-refractivity contribution in [2.24, 2.45) is 0 Å².